The summed E-state index contributed by atoms with van der Waals surface area (Å²) < 4.78 is 19.6. The van der Waals surface area contributed by atoms with Crippen molar-refractivity contribution in [3.05, 3.63) is 65.5 Å². The second kappa shape index (κ2) is 7.97. The molecular formula is C19H19FN2O4. The third-order valence-corrected chi connectivity index (χ3v) is 4.21. The van der Waals surface area contributed by atoms with Crippen molar-refractivity contribution >= 4 is 17.7 Å². The Morgan fingerprint density at radius 3 is 2.42 bits per heavy atom. The zero-order valence-electron chi connectivity index (χ0n) is 14.1. The Kier molecular flexibility index (Phi) is 5.48. The average molecular weight is 358 g/mol. The molecule has 1 saturated heterocycles. The van der Waals surface area contributed by atoms with Crippen LogP contribution < -0.4 is 4.90 Å². The number of para-hydroxylation sites is 1. The average Bonchev–Trinajstić information content (AvgIpc) is 2.67. The fourth-order valence-corrected chi connectivity index (χ4v) is 2.78. The molecule has 0 atom stereocenters. The van der Waals surface area contributed by atoms with Gasteiger partial charge in [-0.05, 0) is 24.3 Å². The maximum Gasteiger partial charge on any atom is 0.335 e. The van der Waals surface area contributed by atoms with Gasteiger partial charge in [-0.2, -0.15) is 0 Å². The first-order valence-electron chi connectivity index (χ1n) is 8.27. The van der Waals surface area contributed by atoms with Gasteiger partial charge in [0.05, 0.1) is 25.3 Å². The summed E-state index contributed by atoms with van der Waals surface area (Å²) in [5.74, 6) is -1.85. The van der Waals surface area contributed by atoms with E-state index in [4.69, 9.17) is 9.84 Å². The van der Waals surface area contributed by atoms with E-state index in [1.807, 2.05) is 6.07 Å². The zero-order chi connectivity index (χ0) is 18.5. The molecule has 136 valence electrons. The molecule has 0 aromatic heterocycles. The Balaban J connectivity index is 1.89. The lowest BCUT2D eigenvalue weighted by molar-refractivity contribution is 0.0548. The highest BCUT2D eigenvalue weighted by Gasteiger charge is 2.25. The highest BCUT2D eigenvalue weighted by Crippen LogP contribution is 2.21. The van der Waals surface area contributed by atoms with Crippen LogP contribution >= 0.6 is 0 Å². The van der Waals surface area contributed by atoms with Crippen LogP contribution in [0.5, 0.6) is 0 Å². The molecule has 7 heteroatoms. The van der Waals surface area contributed by atoms with Gasteiger partial charge in [0.1, 0.15) is 5.82 Å². The fraction of sp³-hybridized carbons (Fsp3) is 0.263. The molecule has 1 aliphatic rings. The van der Waals surface area contributed by atoms with Crippen LogP contribution in [0.4, 0.5) is 14.9 Å². The van der Waals surface area contributed by atoms with E-state index in [0.29, 0.717) is 32.0 Å². The summed E-state index contributed by atoms with van der Waals surface area (Å²) in [7, 11) is 0. The molecule has 2 aromatic carbocycles. The smallest absolute Gasteiger partial charge is 0.335 e. The molecule has 1 heterocycles. The number of nitrogens with zero attached hydrogens (tertiary/aromatic N) is 2. The van der Waals surface area contributed by atoms with Gasteiger partial charge in [-0.15, -0.1) is 0 Å². The number of benzene rings is 2. The summed E-state index contributed by atoms with van der Waals surface area (Å²) >= 11 is 0. The number of carbonyl (C=O) groups is 2. The van der Waals surface area contributed by atoms with Crippen molar-refractivity contribution in [3.8, 4) is 0 Å². The van der Waals surface area contributed by atoms with Gasteiger partial charge in [-0.1, -0.05) is 24.3 Å². The molecule has 0 saturated carbocycles. The van der Waals surface area contributed by atoms with Crippen molar-refractivity contribution in [2.24, 2.45) is 0 Å². The molecule has 0 unspecified atom stereocenters. The number of amides is 2. The van der Waals surface area contributed by atoms with Crippen LogP contribution in [0.3, 0.4) is 0 Å². The van der Waals surface area contributed by atoms with E-state index < -0.39 is 11.8 Å². The number of carboxylic acids is 1. The molecule has 2 aromatic rings. The molecule has 3 rings (SSSR count). The number of carbonyl (C=O) groups excluding carboxylic acids is 1. The molecule has 26 heavy (non-hydrogen) atoms. The van der Waals surface area contributed by atoms with Gasteiger partial charge in [0, 0.05) is 24.3 Å². The fourth-order valence-electron chi connectivity index (χ4n) is 2.78. The van der Waals surface area contributed by atoms with Crippen LogP contribution in [-0.2, 0) is 11.3 Å². The predicted molar refractivity (Wildman–Crippen MR) is 93.8 cm³/mol. The number of urea groups is 1. The normalized spacial score (nSPS) is 14.1. The summed E-state index contributed by atoms with van der Waals surface area (Å²) in [6.07, 6.45) is 0. The number of rotatable bonds is 4. The number of halogens is 1. The maximum atomic E-state index is 14.4. The van der Waals surface area contributed by atoms with E-state index in [2.05, 4.69) is 0 Å². The quantitative estimate of drug-likeness (QED) is 0.912. The largest absolute Gasteiger partial charge is 0.478 e. The molecular weight excluding hydrogens is 339 g/mol. The molecule has 0 aliphatic carbocycles. The molecule has 0 radical (unpaired) electrons. The number of hydrogen-bond acceptors (Lipinski definition) is 3. The highest BCUT2D eigenvalue weighted by atomic mass is 19.1. The molecule has 1 fully saturated rings. The Hall–Kier alpha value is -2.93. The maximum absolute atomic E-state index is 14.4. The minimum Gasteiger partial charge on any atom is -0.478 e. The summed E-state index contributed by atoms with van der Waals surface area (Å²) in [5.41, 5.74) is 0.767. The SMILES string of the molecule is O=C(O)c1ccc(CN(C(=O)N2CCOCC2)c2ccccc2)c(F)c1. The number of aromatic carboxylic acids is 1. The standard InChI is InChI=1S/C19H19FN2O4/c20-17-12-14(18(23)24)6-7-15(17)13-22(16-4-2-1-3-5-16)19(25)21-8-10-26-11-9-21/h1-7,12H,8-11,13H2,(H,23,24). The minimum atomic E-state index is -1.19. The molecule has 1 N–H and O–H groups in total. The second-order valence-corrected chi connectivity index (χ2v) is 5.92. The summed E-state index contributed by atoms with van der Waals surface area (Å²) in [4.78, 5) is 27.1. The summed E-state index contributed by atoms with van der Waals surface area (Å²) in [6, 6.07) is 12.5. The van der Waals surface area contributed by atoms with Crippen LogP contribution in [0.1, 0.15) is 15.9 Å². The Morgan fingerprint density at radius 1 is 1.12 bits per heavy atom. The first-order valence-corrected chi connectivity index (χ1v) is 8.27. The van der Waals surface area contributed by atoms with Gasteiger partial charge in [-0.3, -0.25) is 4.90 Å². The van der Waals surface area contributed by atoms with Gasteiger partial charge in [0.15, 0.2) is 0 Å². The van der Waals surface area contributed by atoms with Gasteiger partial charge in [0.2, 0.25) is 0 Å². The Bertz CT molecular complexity index is 791. The third kappa shape index (κ3) is 4.00. The number of anilines is 1. The van der Waals surface area contributed by atoms with E-state index >= 15 is 0 Å². The van der Waals surface area contributed by atoms with Crippen molar-refractivity contribution in [3.63, 3.8) is 0 Å². The van der Waals surface area contributed by atoms with Gasteiger partial charge in [0.25, 0.3) is 0 Å². The van der Waals surface area contributed by atoms with Gasteiger partial charge in [-0.25, -0.2) is 14.0 Å². The number of ether oxygens (including phenoxy) is 1. The van der Waals surface area contributed by atoms with Crippen LogP contribution in [0.25, 0.3) is 0 Å². The number of hydrogen-bond donors (Lipinski definition) is 1. The molecule has 2 amide bonds. The molecule has 6 nitrogen and oxygen atoms in total. The minimum absolute atomic E-state index is 0.00589. The van der Waals surface area contributed by atoms with Crippen molar-refractivity contribution in [1.82, 2.24) is 4.90 Å². The monoisotopic (exact) mass is 358 g/mol. The van der Waals surface area contributed by atoms with Gasteiger partial charge < -0.3 is 14.7 Å². The molecule has 0 bridgehead atoms. The van der Waals surface area contributed by atoms with Crippen LogP contribution in [0.2, 0.25) is 0 Å². The topological polar surface area (TPSA) is 70.1 Å². The lowest BCUT2D eigenvalue weighted by Crippen LogP contribution is -2.48. The summed E-state index contributed by atoms with van der Waals surface area (Å²) in [6.45, 7) is 1.89. The van der Waals surface area contributed by atoms with Crippen LogP contribution in [0.15, 0.2) is 48.5 Å². The van der Waals surface area contributed by atoms with Crippen molar-refractivity contribution in [2.45, 2.75) is 6.54 Å². The molecule has 0 spiro atoms. The first-order chi connectivity index (χ1) is 12.6. The Morgan fingerprint density at radius 2 is 1.81 bits per heavy atom. The predicted octanol–water partition coefficient (Wildman–Crippen LogP) is 2.98. The van der Waals surface area contributed by atoms with Gasteiger partial charge >= 0.3 is 12.0 Å². The van der Waals surface area contributed by atoms with E-state index in [-0.39, 0.29) is 23.7 Å². The van der Waals surface area contributed by atoms with E-state index in [1.165, 1.54) is 17.0 Å². The van der Waals surface area contributed by atoms with Crippen molar-refractivity contribution in [2.75, 3.05) is 31.2 Å². The molecule has 1 aliphatic heterocycles. The van der Waals surface area contributed by atoms with Crippen molar-refractivity contribution in [1.29, 1.82) is 0 Å². The van der Waals surface area contributed by atoms with E-state index in [9.17, 15) is 14.0 Å². The van der Waals surface area contributed by atoms with E-state index in [0.717, 1.165) is 6.07 Å². The van der Waals surface area contributed by atoms with Crippen LogP contribution in [-0.4, -0.2) is 48.3 Å². The summed E-state index contributed by atoms with van der Waals surface area (Å²) in [5, 5.41) is 8.97. The third-order valence-electron chi connectivity index (χ3n) is 4.21. The number of morpholine rings is 1. The van der Waals surface area contributed by atoms with Crippen LogP contribution in [0, 0.1) is 5.82 Å². The lowest BCUT2D eigenvalue weighted by atomic mass is 10.1. The first kappa shape index (κ1) is 17.9. The number of carboxylic acid groups (broad SMARTS) is 1. The zero-order valence-corrected chi connectivity index (χ0v) is 14.1. The second-order valence-electron chi connectivity index (χ2n) is 5.92. The lowest BCUT2D eigenvalue weighted by Gasteiger charge is -2.33. The van der Waals surface area contributed by atoms with Crippen molar-refractivity contribution < 1.29 is 23.8 Å². The Labute approximate surface area is 150 Å². The van der Waals surface area contributed by atoms with E-state index in [1.54, 1.807) is 29.2 Å². The highest BCUT2D eigenvalue weighted by molar-refractivity contribution is 5.92.